The van der Waals surface area contributed by atoms with Crippen LogP contribution in [0.4, 0.5) is 0 Å². The first-order valence-corrected chi connectivity index (χ1v) is 11.7. The topological polar surface area (TPSA) is 38.9 Å². The molecular weight excluding hydrogens is 428 g/mol. The third-order valence-corrected chi connectivity index (χ3v) is 6.54. The third kappa shape index (κ3) is 3.29. The van der Waals surface area contributed by atoms with E-state index in [9.17, 15) is 0 Å². The van der Waals surface area contributed by atoms with Gasteiger partial charge in [-0.15, -0.1) is 0 Å². The van der Waals surface area contributed by atoms with Crippen molar-refractivity contribution in [1.29, 1.82) is 0 Å². The zero-order valence-corrected chi connectivity index (χ0v) is 18.8. The molecule has 0 amide bonds. The maximum absolute atomic E-state index is 6.41. The van der Waals surface area contributed by atoms with E-state index in [2.05, 4.69) is 71.7 Å². The minimum atomic E-state index is 0.866. The summed E-state index contributed by atoms with van der Waals surface area (Å²) in [6.45, 7) is 0. The molecular formula is C32H20N2O. The molecule has 3 nitrogen and oxygen atoms in total. The second-order valence-electron chi connectivity index (χ2n) is 8.65. The molecule has 0 unspecified atom stereocenters. The van der Waals surface area contributed by atoms with Gasteiger partial charge in [-0.25, -0.2) is 4.98 Å². The van der Waals surface area contributed by atoms with Crippen molar-refractivity contribution in [3.63, 3.8) is 0 Å². The molecule has 0 aliphatic heterocycles. The smallest absolute Gasteiger partial charge is 0.143 e. The molecule has 0 saturated carbocycles. The molecule has 3 aromatic heterocycles. The predicted molar refractivity (Wildman–Crippen MR) is 143 cm³/mol. The molecule has 0 bridgehead atoms. The summed E-state index contributed by atoms with van der Waals surface area (Å²) in [5.74, 6) is 0. The lowest BCUT2D eigenvalue weighted by atomic mass is 9.94. The van der Waals surface area contributed by atoms with E-state index in [1.807, 2.05) is 48.5 Å². The highest BCUT2D eigenvalue weighted by atomic mass is 16.3. The first-order valence-electron chi connectivity index (χ1n) is 11.7. The highest BCUT2D eigenvalue weighted by Crippen LogP contribution is 2.41. The minimum absolute atomic E-state index is 0.866. The summed E-state index contributed by atoms with van der Waals surface area (Å²) in [6, 6.07) is 39.5. The number of hydrogen-bond donors (Lipinski definition) is 0. The Labute approximate surface area is 202 Å². The lowest BCUT2D eigenvalue weighted by Gasteiger charge is -2.10. The quantitative estimate of drug-likeness (QED) is 0.272. The van der Waals surface area contributed by atoms with E-state index in [-0.39, 0.29) is 0 Å². The van der Waals surface area contributed by atoms with Crippen molar-refractivity contribution in [2.24, 2.45) is 0 Å². The second kappa shape index (κ2) is 7.93. The molecule has 0 aliphatic carbocycles. The molecule has 4 aromatic carbocycles. The van der Waals surface area contributed by atoms with E-state index in [1.165, 1.54) is 10.8 Å². The predicted octanol–water partition coefficient (Wildman–Crippen LogP) is 8.53. The Morgan fingerprint density at radius 3 is 2.09 bits per heavy atom. The maximum atomic E-state index is 6.41. The van der Waals surface area contributed by atoms with Crippen LogP contribution in [-0.2, 0) is 0 Å². The molecule has 7 aromatic rings. The average Bonchev–Trinajstić information content (AvgIpc) is 3.30. The number of rotatable bonds is 3. The van der Waals surface area contributed by atoms with Crippen LogP contribution in [0.1, 0.15) is 0 Å². The van der Waals surface area contributed by atoms with Gasteiger partial charge in [-0.3, -0.25) is 4.98 Å². The Morgan fingerprint density at radius 1 is 0.514 bits per heavy atom. The van der Waals surface area contributed by atoms with Gasteiger partial charge < -0.3 is 4.42 Å². The molecule has 3 heterocycles. The summed E-state index contributed by atoms with van der Waals surface area (Å²) in [5.41, 5.74) is 7.80. The van der Waals surface area contributed by atoms with Crippen molar-refractivity contribution in [3.8, 4) is 33.8 Å². The Kier molecular flexibility index (Phi) is 4.46. The lowest BCUT2D eigenvalue weighted by Crippen LogP contribution is -1.90. The zero-order chi connectivity index (χ0) is 23.2. The van der Waals surface area contributed by atoms with Crippen LogP contribution in [0.3, 0.4) is 0 Å². The van der Waals surface area contributed by atoms with Crippen LogP contribution in [-0.4, -0.2) is 9.97 Å². The first kappa shape index (κ1) is 19.7. The normalized spacial score (nSPS) is 11.4. The number of furan rings is 1. The summed E-state index contributed by atoms with van der Waals surface area (Å²) in [7, 11) is 0. The van der Waals surface area contributed by atoms with Crippen molar-refractivity contribution < 1.29 is 4.42 Å². The lowest BCUT2D eigenvalue weighted by molar-refractivity contribution is 0.670. The Hall–Kier alpha value is -4.76. The van der Waals surface area contributed by atoms with Crippen molar-refractivity contribution in [2.75, 3.05) is 0 Å². The van der Waals surface area contributed by atoms with Crippen LogP contribution in [0.15, 0.2) is 126 Å². The summed E-state index contributed by atoms with van der Waals surface area (Å²) in [6.07, 6.45) is 1.79. The highest BCUT2D eigenvalue weighted by Gasteiger charge is 2.16. The fourth-order valence-electron chi connectivity index (χ4n) is 4.87. The van der Waals surface area contributed by atoms with E-state index >= 15 is 0 Å². The first-order chi connectivity index (χ1) is 17.3. The van der Waals surface area contributed by atoms with Crippen LogP contribution in [0.2, 0.25) is 0 Å². The Morgan fingerprint density at radius 2 is 1.23 bits per heavy atom. The Balaban J connectivity index is 1.39. The second-order valence-corrected chi connectivity index (χ2v) is 8.65. The number of pyridine rings is 2. The fourth-order valence-corrected chi connectivity index (χ4v) is 4.87. The van der Waals surface area contributed by atoms with Crippen LogP contribution >= 0.6 is 0 Å². The molecule has 0 radical (unpaired) electrons. The fraction of sp³-hybridized carbons (Fsp3) is 0. The SMILES string of the molecule is c1ccc(-c2cccc(-c3ccc(-c4c5ccccc5cc5c4oc4ccccc45)cc3)n2)nc1. The van der Waals surface area contributed by atoms with Gasteiger partial charge in [0, 0.05) is 28.1 Å². The maximum Gasteiger partial charge on any atom is 0.143 e. The van der Waals surface area contributed by atoms with Gasteiger partial charge in [0.05, 0.1) is 17.1 Å². The number of benzene rings is 4. The largest absolute Gasteiger partial charge is 0.455 e. The van der Waals surface area contributed by atoms with Crippen LogP contribution in [0, 0.1) is 0 Å². The minimum Gasteiger partial charge on any atom is -0.455 e. The van der Waals surface area contributed by atoms with E-state index < -0.39 is 0 Å². The van der Waals surface area contributed by atoms with Crippen LogP contribution in [0.5, 0.6) is 0 Å². The highest BCUT2D eigenvalue weighted by molar-refractivity contribution is 6.18. The van der Waals surface area contributed by atoms with Crippen LogP contribution < -0.4 is 0 Å². The van der Waals surface area contributed by atoms with Gasteiger partial charge >= 0.3 is 0 Å². The summed E-state index contributed by atoms with van der Waals surface area (Å²) >= 11 is 0. The third-order valence-electron chi connectivity index (χ3n) is 6.54. The van der Waals surface area contributed by atoms with Gasteiger partial charge in [-0.1, -0.05) is 78.9 Å². The molecule has 0 aliphatic rings. The summed E-state index contributed by atoms with van der Waals surface area (Å²) in [5, 5.41) is 4.67. The van der Waals surface area contributed by atoms with Crippen molar-refractivity contribution in [3.05, 3.63) is 121 Å². The molecule has 0 saturated heterocycles. The zero-order valence-electron chi connectivity index (χ0n) is 18.8. The van der Waals surface area contributed by atoms with Crippen molar-refractivity contribution in [2.45, 2.75) is 0 Å². The molecule has 0 N–H and O–H groups in total. The molecule has 7 rings (SSSR count). The average molecular weight is 449 g/mol. The van der Waals surface area contributed by atoms with Gasteiger partial charge in [0.25, 0.3) is 0 Å². The van der Waals surface area contributed by atoms with Gasteiger partial charge in [-0.2, -0.15) is 0 Å². The van der Waals surface area contributed by atoms with E-state index in [1.54, 1.807) is 6.20 Å². The van der Waals surface area contributed by atoms with Gasteiger partial charge in [0.1, 0.15) is 11.2 Å². The molecule has 35 heavy (non-hydrogen) atoms. The van der Waals surface area contributed by atoms with Crippen molar-refractivity contribution in [1.82, 2.24) is 9.97 Å². The molecule has 0 atom stereocenters. The molecule has 3 heteroatoms. The molecule has 164 valence electrons. The number of aromatic nitrogens is 2. The van der Waals surface area contributed by atoms with Crippen LogP contribution in [0.25, 0.3) is 66.5 Å². The number of fused-ring (bicyclic) bond motifs is 4. The van der Waals surface area contributed by atoms with E-state index in [4.69, 9.17) is 9.40 Å². The van der Waals surface area contributed by atoms with E-state index in [0.29, 0.717) is 0 Å². The monoisotopic (exact) mass is 448 g/mol. The Bertz CT molecular complexity index is 1830. The van der Waals surface area contributed by atoms with E-state index in [0.717, 1.165) is 55.7 Å². The summed E-state index contributed by atoms with van der Waals surface area (Å²) in [4.78, 5) is 9.30. The molecule has 0 spiro atoms. The standard InChI is InChI=1S/C32H20N2O/c1-2-9-24-23(8-1)20-26-25-10-3-4-14-30(25)35-32(26)31(24)22-17-15-21(16-18-22)27-12-7-13-29(34-27)28-11-5-6-19-33-28/h1-20H. The number of hydrogen-bond acceptors (Lipinski definition) is 3. The number of nitrogens with zero attached hydrogens (tertiary/aromatic N) is 2. The molecule has 0 fully saturated rings. The van der Waals surface area contributed by atoms with Gasteiger partial charge in [0.15, 0.2) is 0 Å². The number of para-hydroxylation sites is 1. The van der Waals surface area contributed by atoms with Gasteiger partial charge in [0.2, 0.25) is 0 Å². The van der Waals surface area contributed by atoms with Crippen molar-refractivity contribution >= 4 is 32.7 Å². The summed E-state index contributed by atoms with van der Waals surface area (Å²) < 4.78 is 6.41. The van der Waals surface area contributed by atoms with Gasteiger partial charge in [-0.05, 0) is 52.7 Å².